The average Bonchev–Trinajstić information content (AvgIpc) is 2.70. The van der Waals surface area contributed by atoms with Gasteiger partial charge in [0.1, 0.15) is 0 Å². The van der Waals surface area contributed by atoms with Gasteiger partial charge in [-0.1, -0.05) is 20.3 Å². The molecule has 3 heteroatoms. The van der Waals surface area contributed by atoms with Crippen molar-refractivity contribution in [2.24, 2.45) is 11.3 Å². The summed E-state index contributed by atoms with van der Waals surface area (Å²) in [6.07, 6.45) is 3.26. The first kappa shape index (κ1) is 10.9. The van der Waals surface area contributed by atoms with E-state index in [1.165, 1.54) is 0 Å². The second-order valence-corrected chi connectivity index (χ2v) is 5.68. The molecule has 0 aliphatic heterocycles. The average molecular weight is 271 g/mol. The van der Waals surface area contributed by atoms with E-state index in [1.54, 1.807) is 12.1 Å². The van der Waals surface area contributed by atoms with Gasteiger partial charge in [0, 0.05) is 5.92 Å². The van der Waals surface area contributed by atoms with E-state index in [4.69, 9.17) is 4.42 Å². The van der Waals surface area contributed by atoms with Crippen LogP contribution in [0.1, 0.15) is 43.7 Å². The van der Waals surface area contributed by atoms with E-state index in [1.807, 2.05) is 0 Å². The summed E-state index contributed by atoms with van der Waals surface area (Å²) in [6.45, 7) is 4.33. The molecule has 1 aliphatic rings. The van der Waals surface area contributed by atoms with Crippen LogP contribution in [-0.4, -0.2) is 5.78 Å². The molecule has 1 aromatic heterocycles. The Hall–Kier alpha value is -0.570. The number of Topliss-reactive ketones (excluding diaryl/α,β-unsaturated/α-hetero) is 1. The van der Waals surface area contributed by atoms with E-state index in [-0.39, 0.29) is 17.1 Å². The summed E-state index contributed by atoms with van der Waals surface area (Å²) in [4.78, 5) is 12.2. The standard InChI is InChI=1S/C12H15BrO2/c1-12(2)7-3-4-8(12)11(14)9-5-6-10(13)15-9/h5-6,8H,3-4,7H2,1-2H3. The fourth-order valence-electron chi connectivity index (χ4n) is 2.43. The van der Waals surface area contributed by atoms with Crippen molar-refractivity contribution in [3.05, 3.63) is 22.6 Å². The maximum Gasteiger partial charge on any atom is 0.201 e. The van der Waals surface area contributed by atoms with Crippen LogP contribution in [-0.2, 0) is 0 Å². The zero-order valence-corrected chi connectivity index (χ0v) is 10.6. The van der Waals surface area contributed by atoms with Gasteiger partial charge >= 0.3 is 0 Å². The highest BCUT2D eigenvalue weighted by atomic mass is 79.9. The maximum atomic E-state index is 12.2. The van der Waals surface area contributed by atoms with Gasteiger partial charge in [-0.25, -0.2) is 0 Å². The molecule has 15 heavy (non-hydrogen) atoms. The lowest BCUT2D eigenvalue weighted by Crippen LogP contribution is -2.25. The molecule has 82 valence electrons. The molecule has 1 aliphatic carbocycles. The van der Waals surface area contributed by atoms with Crippen LogP contribution in [0, 0.1) is 11.3 Å². The molecule has 0 aromatic carbocycles. The lowest BCUT2D eigenvalue weighted by atomic mass is 9.79. The molecular weight excluding hydrogens is 256 g/mol. The number of furan rings is 1. The summed E-state index contributed by atoms with van der Waals surface area (Å²) in [5.74, 6) is 0.764. The van der Waals surface area contributed by atoms with E-state index < -0.39 is 0 Å². The molecule has 0 radical (unpaired) electrons. The van der Waals surface area contributed by atoms with Crippen molar-refractivity contribution in [3.8, 4) is 0 Å². The second kappa shape index (κ2) is 3.78. The van der Waals surface area contributed by atoms with Gasteiger partial charge in [-0.3, -0.25) is 4.79 Å². The number of hydrogen-bond acceptors (Lipinski definition) is 2. The van der Waals surface area contributed by atoms with Crippen LogP contribution in [0.3, 0.4) is 0 Å². The van der Waals surface area contributed by atoms with E-state index in [9.17, 15) is 4.79 Å². The zero-order valence-electron chi connectivity index (χ0n) is 9.05. The summed E-state index contributed by atoms with van der Waals surface area (Å²) in [7, 11) is 0. The number of carbonyl (C=O) groups is 1. The van der Waals surface area contributed by atoms with Gasteiger partial charge in [-0.2, -0.15) is 0 Å². The first-order valence-electron chi connectivity index (χ1n) is 5.30. The van der Waals surface area contributed by atoms with Crippen molar-refractivity contribution < 1.29 is 9.21 Å². The lowest BCUT2D eigenvalue weighted by molar-refractivity contribution is 0.0808. The number of halogens is 1. The quantitative estimate of drug-likeness (QED) is 0.759. The van der Waals surface area contributed by atoms with Gasteiger partial charge in [-0.05, 0) is 46.3 Å². The first-order valence-corrected chi connectivity index (χ1v) is 6.09. The van der Waals surface area contributed by atoms with Crippen molar-refractivity contribution >= 4 is 21.7 Å². The van der Waals surface area contributed by atoms with Crippen LogP contribution in [0.2, 0.25) is 0 Å². The summed E-state index contributed by atoms with van der Waals surface area (Å²) < 4.78 is 5.94. The van der Waals surface area contributed by atoms with Crippen molar-refractivity contribution in [1.29, 1.82) is 0 Å². The molecule has 1 unspecified atom stereocenters. The molecule has 1 heterocycles. The van der Waals surface area contributed by atoms with Gasteiger partial charge < -0.3 is 4.42 Å². The smallest absolute Gasteiger partial charge is 0.201 e. The van der Waals surface area contributed by atoms with Gasteiger partial charge in [0.25, 0.3) is 0 Å². The van der Waals surface area contributed by atoms with Gasteiger partial charge in [-0.15, -0.1) is 0 Å². The Labute approximate surface area is 98.2 Å². The van der Waals surface area contributed by atoms with Gasteiger partial charge in [0.2, 0.25) is 5.78 Å². The molecule has 2 nitrogen and oxygen atoms in total. The van der Waals surface area contributed by atoms with Crippen LogP contribution in [0.4, 0.5) is 0 Å². The first-order chi connectivity index (χ1) is 7.00. The molecule has 0 bridgehead atoms. The Morgan fingerprint density at radius 3 is 2.73 bits per heavy atom. The topological polar surface area (TPSA) is 30.2 Å². The highest BCUT2D eigenvalue weighted by Crippen LogP contribution is 2.44. The Morgan fingerprint density at radius 1 is 1.53 bits per heavy atom. The van der Waals surface area contributed by atoms with Crippen molar-refractivity contribution in [1.82, 2.24) is 0 Å². The number of hydrogen-bond donors (Lipinski definition) is 0. The highest BCUT2D eigenvalue weighted by molar-refractivity contribution is 9.10. The summed E-state index contributed by atoms with van der Waals surface area (Å²) in [5.41, 5.74) is 0.121. The molecule has 0 N–H and O–H groups in total. The SMILES string of the molecule is CC1(C)CCCC1C(=O)c1ccc(Br)o1. The summed E-state index contributed by atoms with van der Waals surface area (Å²) in [5, 5.41) is 0. The number of carbonyl (C=O) groups excluding carboxylic acids is 1. The Morgan fingerprint density at radius 2 is 2.27 bits per heavy atom. The van der Waals surface area contributed by atoms with Gasteiger partial charge in [0.05, 0.1) is 0 Å². The fourth-order valence-corrected chi connectivity index (χ4v) is 2.74. The molecule has 0 spiro atoms. The third kappa shape index (κ3) is 2.03. The lowest BCUT2D eigenvalue weighted by Gasteiger charge is -2.24. The minimum atomic E-state index is 0.121. The predicted octanol–water partition coefficient (Wildman–Crippen LogP) is 4.05. The minimum absolute atomic E-state index is 0.121. The number of ketones is 1. The Bertz CT molecular complexity index is 379. The largest absolute Gasteiger partial charge is 0.446 e. The predicted molar refractivity (Wildman–Crippen MR) is 61.9 cm³/mol. The molecule has 1 aromatic rings. The van der Waals surface area contributed by atoms with Crippen molar-refractivity contribution in [3.63, 3.8) is 0 Å². The normalized spacial score (nSPS) is 24.3. The zero-order chi connectivity index (χ0) is 11.1. The van der Waals surface area contributed by atoms with E-state index in [0.29, 0.717) is 10.4 Å². The molecule has 0 amide bonds. The Balaban J connectivity index is 2.21. The van der Waals surface area contributed by atoms with E-state index >= 15 is 0 Å². The fraction of sp³-hybridized carbons (Fsp3) is 0.583. The summed E-state index contributed by atoms with van der Waals surface area (Å²) >= 11 is 3.22. The van der Waals surface area contributed by atoms with Crippen LogP contribution in [0.15, 0.2) is 21.2 Å². The van der Waals surface area contributed by atoms with Crippen molar-refractivity contribution in [2.45, 2.75) is 33.1 Å². The third-order valence-corrected chi connectivity index (χ3v) is 3.82. The molecule has 1 atom stereocenters. The Kier molecular flexibility index (Phi) is 2.75. The number of rotatable bonds is 2. The highest BCUT2D eigenvalue weighted by Gasteiger charge is 2.40. The monoisotopic (exact) mass is 270 g/mol. The molecule has 1 fully saturated rings. The van der Waals surface area contributed by atoms with E-state index in [0.717, 1.165) is 19.3 Å². The maximum absolute atomic E-state index is 12.2. The van der Waals surface area contributed by atoms with Crippen LogP contribution in [0.25, 0.3) is 0 Å². The third-order valence-electron chi connectivity index (χ3n) is 3.39. The van der Waals surface area contributed by atoms with Crippen LogP contribution in [0.5, 0.6) is 0 Å². The molecule has 2 rings (SSSR count). The molecule has 0 saturated heterocycles. The van der Waals surface area contributed by atoms with E-state index in [2.05, 4.69) is 29.8 Å². The van der Waals surface area contributed by atoms with Crippen LogP contribution < -0.4 is 0 Å². The minimum Gasteiger partial charge on any atom is -0.446 e. The molecule has 1 saturated carbocycles. The van der Waals surface area contributed by atoms with Crippen molar-refractivity contribution in [2.75, 3.05) is 0 Å². The molecular formula is C12H15BrO2. The van der Waals surface area contributed by atoms with Crippen LogP contribution >= 0.6 is 15.9 Å². The van der Waals surface area contributed by atoms with Gasteiger partial charge in [0.15, 0.2) is 10.4 Å². The second-order valence-electron chi connectivity index (χ2n) is 4.90. The summed E-state index contributed by atoms with van der Waals surface area (Å²) in [6, 6.07) is 3.52.